The molecular formula is C75H97BrCl2FN5O10. The predicted octanol–water partition coefficient (Wildman–Crippen LogP) is 13.1. The number of nitrogens with one attached hydrogen (secondary N) is 5. The van der Waals surface area contributed by atoms with Crippen LogP contribution in [0.1, 0.15) is 132 Å². The molecule has 0 bridgehead atoms. The van der Waals surface area contributed by atoms with E-state index in [0.29, 0.717) is 54.2 Å². The van der Waals surface area contributed by atoms with Crippen LogP contribution in [0.25, 0.3) is 21.9 Å². The average molecular weight is 1400 g/mol. The van der Waals surface area contributed by atoms with Crippen molar-refractivity contribution in [1.29, 1.82) is 0 Å². The van der Waals surface area contributed by atoms with Crippen LogP contribution < -0.4 is 26.6 Å². The first-order valence-corrected chi connectivity index (χ1v) is 33.6. The van der Waals surface area contributed by atoms with E-state index >= 15 is 0 Å². The van der Waals surface area contributed by atoms with Gasteiger partial charge in [-0.2, -0.15) is 0 Å². The zero-order valence-electron chi connectivity index (χ0n) is 56.8. The molecule has 0 saturated carbocycles. The Hall–Kier alpha value is -4.81. The van der Waals surface area contributed by atoms with Crippen molar-refractivity contribution in [2.45, 2.75) is 191 Å². The van der Waals surface area contributed by atoms with E-state index in [1.807, 2.05) is 165 Å². The van der Waals surface area contributed by atoms with Crippen molar-refractivity contribution in [2.24, 2.45) is 0 Å². The summed E-state index contributed by atoms with van der Waals surface area (Å²) < 4.78 is 42.7. The van der Waals surface area contributed by atoms with Gasteiger partial charge in [-0.1, -0.05) is 160 Å². The Morgan fingerprint density at radius 2 is 0.681 bits per heavy atom. The Morgan fingerprint density at radius 3 is 1.07 bits per heavy atom. The molecule has 2 unspecified atom stereocenters. The fourth-order valence-electron chi connectivity index (χ4n) is 12.5. The summed E-state index contributed by atoms with van der Waals surface area (Å²) in [4.78, 5) is 0. The highest BCUT2D eigenvalue weighted by Gasteiger charge is 2.49. The molecule has 7 aromatic rings. The maximum Gasteiger partial charge on any atom is 0.208 e. The van der Waals surface area contributed by atoms with Gasteiger partial charge in [-0.15, -0.1) is 0 Å². The smallest absolute Gasteiger partial charge is 0.208 e. The molecule has 0 radical (unpaired) electrons. The zero-order valence-corrected chi connectivity index (χ0v) is 59.9. The Balaban J connectivity index is 0.000000151. The second-order valence-electron chi connectivity index (χ2n) is 28.8. The van der Waals surface area contributed by atoms with E-state index in [-0.39, 0.29) is 63.7 Å². The second kappa shape index (κ2) is 29.3. The number of rotatable bonds is 6. The third kappa shape index (κ3) is 17.9. The minimum absolute atomic E-state index is 0.113. The zero-order chi connectivity index (χ0) is 69.1. The summed E-state index contributed by atoms with van der Waals surface area (Å²) >= 11 is 15.3. The van der Waals surface area contributed by atoms with Gasteiger partial charge in [-0.25, -0.2) is 4.39 Å². The van der Waals surface area contributed by atoms with Gasteiger partial charge in [0.15, 0.2) is 0 Å². The minimum Gasteiger partial charge on any atom is -0.361 e. The maximum atomic E-state index is 13.2. The summed E-state index contributed by atoms with van der Waals surface area (Å²) in [6, 6.07) is 49.7. The predicted molar refractivity (Wildman–Crippen MR) is 375 cm³/mol. The van der Waals surface area contributed by atoms with Gasteiger partial charge in [0.2, 0.25) is 28.9 Å². The van der Waals surface area contributed by atoms with Crippen molar-refractivity contribution in [1.82, 2.24) is 26.6 Å². The molecule has 19 heteroatoms. The molecule has 10 atom stereocenters. The van der Waals surface area contributed by atoms with Gasteiger partial charge in [0.1, 0.15) is 5.82 Å². The second-order valence-corrected chi connectivity index (χ2v) is 30.6. The van der Waals surface area contributed by atoms with Crippen LogP contribution in [0.5, 0.6) is 0 Å². The summed E-state index contributed by atoms with van der Waals surface area (Å²) in [5.74, 6) is -7.07. The van der Waals surface area contributed by atoms with Crippen LogP contribution in [0.3, 0.4) is 0 Å². The molecule has 5 aliphatic heterocycles. The van der Waals surface area contributed by atoms with Gasteiger partial charge in [-0.05, 0) is 168 Å². The first-order chi connectivity index (χ1) is 43.7. The SMILES string of the molecule is CC1NC(C)(C)COC1(O)c1ccc(Cl)c(Cl)c1.C[C@@H]1NC(C)(C)CO[C@@]1(O)c1ccc(-c2ccccc2)cc1.C[C@@H]1NC(C)(C)CO[C@@]1(O)c1ccc2ccccc2c1.C[C@@H]1NC(C)(C)CO[C@@]1(O)c1cccc(Br)c1.C[C@@H]1NC(C)(C)CO[C@@]1(O)c1cccc(F)c1. The van der Waals surface area contributed by atoms with Gasteiger partial charge >= 0.3 is 0 Å². The molecule has 12 rings (SSSR count). The summed E-state index contributed by atoms with van der Waals surface area (Å²) in [6.07, 6.45) is 0. The number of benzene rings is 7. The van der Waals surface area contributed by atoms with Crippen molar-refractivity contribution in [3.8, 4) is 11.1 Å². The molecule has 94 heavy (non-hydrogen) atoms. The quantitative estimate of drug-likeness (QED) is 0.0752. The lowest BCUT2D eigenvalue weighted by Crippen LogP contribution is -2.63. The summed E-state index contributed by atoms with van der Waals surface area (Å²) in [5.41, 5.74) is 4.95. The van der Waals surface area contributed by atoms with Crippen molar-refractivity contribution < 1.29 is 53.6 Å². The molecule has 0 spiro atoms. The average Bonchev–Trinajstić information content (AvgIpc) is 0.797. The molecule has 0 aliphatic carbocycles. The van der Waals surface area contributed by atoms with Crippen molar-refractivity contribution >= 4 is 49.9 Å². The molecule has 5 heterocycles. The van der Waals surface area contributed by atoms with Gasteiger partial charge in [0, 0.05) is 60.0 Å². The Labute approximate surface area is 573 Å². The molecule has 0 aromatic heterocycles. The van der Waals surface area contributed by atoms with E-state index in [4.69, 9.17) is 46.9 Å². The van der Waals surface area contributed by atoms with Crippen molar-refractivity contribution in [2.75, 3.05) is 33.0 Å². The van der Waals surface area contributed by atoms with Crippen LogP contribution in [0.4, 0.5) is 4.39 Å². The highest BCUT2D eigenvalue weighted by atomic mass is 79.9. The number of hydrogen-bond donors (Lipinski definition) is 10. The van der Waals surface area contributed by atoms with Crippen molar-refractivity contribution in [3.05, 3.63) is 212 Å². The van der Waals surface area contributed by atoms with Gasteiger partial charge in [0.05, 0.1) is 73.3 Å². The summed E-state index contributed by atoms with van der Waals surface area (Å²) in [7, 11) is 0. The van der Waals surface area contributed by atoms with E-state index in [1.54, 1.807) is 30.3 Å². The number of hydrogen-bond acceptors (Lipinski definition) is 15. The van der Waals surface area contributed by atoms with E-state index in [1.165, 1.54) is 12.1 Å². The van der Waals surface area contributed by atoms with Crippen molar-refractivity contribution in [3.63, 3.8) is 0 Å². The molecule has 15 nitrogen and oxygen atoms in total. The summed E-state index contributed by atoms with van der Waals surface area (Å²) in [6.45, 7) is 32.2. The van der Waals surface area contributed by atoms with Gasteiger partial charge in [-0.3, -0.25) is 0 Å². The van der Waals surface area contributed by atoms with E-state index in [9.17, 15) is 29.9 Å². The van der Waals surface area contributed by atoms with Crippen LogP contribution in [-0.4, -0.2) is 116 Å². The fourth-order valence-corrected chi connectivity index (χ4v) is 13.2. The van der Waals surface area contributed by atoms with E-state index in [2.05, 4.69) is 102 Å². The molecule has 7 aromatic carbocycles. The molecule has 5 fully saturated rings. The number of ether oxygens (including phenoxy) is 5. The molecule has 5 saturated heterocycles. The third-order valence-corrected chi connectivity index (χ3v) is 18.8. The van der Waals surface area contributed by atoms with Crippen LogP contribution in [-0.2, 0) is 52.6 Å². The maximum absolute atomic E-state index is 13.2. The normalized spacial score (nSPS) is 30.4. The molecule has 5 aliphatic rings. The van der Waals surface area contributed by atoms with Gasteiger partial charge < -0.3 is 75.8 Å². The number of halogens is 4. The molecule has 510 valence electrons. The van der Waals surface area contributed by atoms with Crippen LogP contribution in [0.15, 0.2) is 168 Å². The highest BCUT2D eigenvalue weighted by Crippen LogP contribution is 2.40. The van der Waals surface area contributed by atoms with Gasteiger partial charge in [0.25, 0.3) is 0 Å². The Bertz CT molecular complexity index is 3600. The molecule has 10 N–H and O–H groups in total. The minimum atomic E-state index is -1.47. The Kier molecular flexibility index (Phi) is 23.4. The lowest BCUT2D eigenvalue weighted by Gasteiger charge is -2.46. The topological polar surface area (TPSA) is 207 Å². The van der Waals surface area contributed by atoms with Crippen LogP contribution >= 0.6 is 39.1 Å². The Morgan fingerprint density at radius 1 is 0.351 bits per heavy atom. The summed E-state index contributed by atoms with van der Waals surface area (Å²) in [5, 5.41) is 73.6. The largest absolute Gasteiger partial charge is 0.361 e. The lowest BCUT2D eigenvalue weighted by molar-refractivity contribution is -0.263. The first kappa shape index (κ1) is 75.0. The monoisotopic (exact) mass is 1400 g/mol. The third-order valence-electron chi connectivity index (χ3n) is 17.6. The standard InChI is InChI=1S/C19H23NO2.C17H21NO2.C13H18BrNO2.C13H17Cl2NO2.C13H18FNO2/c1-14-19(21,22-13-18(2,3)20-14)17-11-9-16(10-12-17)15-7-5-4-6-8-15;1-12-17(19,20-11-16(2,3)18-12)15-9-8-13-6-4-5-7-14(13)10-15;1-9-13(16,17-8-12(2,3)15-9)10-5-4-6-11(14)7-10;1-8-13(17,18-7-12(2,3)16-8)9-4-5-10(14)11(15)6-9;1-9-13(16,17-8-12(2,3)15-9)10-5-4-6-11(14)7-10/h4-12,14,20-21H,13H2,1-3H3;4-10,12,18-19H,11H2,1-3H3;4-7,9,15-16H,8H2,1-3H3;4-6,8,16-17H,7H2,1-3H3;4-7,9,15-16H,8H2,1-3H3/t14-,19+;12-,17+;9-,13+;;9-,13+/m000.0/s1. The van der Waals surface area contributed by atoms with E-state index < -0.39 is 28.9 Å². The van der Waals surface area contributed by atoms with E-state index in [0.717, 1.165) is 43.1 Å². The molecule has 0 amide bonds. The number of fused-ring (bicyclic) bond motifs is 1. The highest BCUT2D eigenvalue weighted by molar-refractivity contribution is 9.10. The number of morpholine rings is 5. The lowest BCUT2D eigenvalue weighted by atomic mass is 9.91. The fraction of sp³-hybridized carbons (Fsp3) is 0.467. The number of aliphatic hydroxyl groups is 5. The van der Waals surface area contributed by atoms with Crippen LogP contribution in [0, 0.1) is 5.82 Å². The molecular weight excluding hydrogens is 1300 g/mol. The van der Waals surface area contributed by atoms with Crippen LogP contribution in [0.2, 0.25) is 10.0 Å². The first-order valence-electron chi connectivity index (χ1n) is 32.1.